The molecule has 0 radical (unpaired) electrons. The number of ether oxygens (including phenoxy) is 1. The molecule has 1 atom stereocenters. The third kappa shape index (κ3) is 7.73. The minimum Gasteiger partial charge on any atom is -0.504 e. The Hall–Kier alpha value is -2.97. The fourth-order valence-electron chi connectivity index (χ4n) is 2.01. The van der Waals surface area contributed by atoms with Crippen LogP contribution in [0.1, 0.15) is 32.8 Å². The Morgan fingerprint density at radius 2 is 1.81 bits per heavy atom. The average Bonchev–Trinajstić information content (AvgIpc) is 2.47. The van der Waals surface area contributed by atoms with E-state index in [0.717, 1.165) is 0 Å². The summed E-state index contributed by atoms with van der Waals surface area (Å²) in [7, 11) is 0. The fourth-order valence-corrected chi connectivity index (χ4v) is 2.01. The molecule has 9 heteroatoms. The summed E-state index contributed by atoms with van der Waals surface area (Å²) in [5.74, 6) is -2.43. The lowest BCUT2D eigenvalue weighted by molar-refractivity contribution is -0.139. The van der Waals surface area contributed by atoms with Crippen molar-refractivity contribution in [1.82, 2.24) is 10.6 Å². The zero-order chi connectivity index (χ0) is 19.9. The van der Waals surface area contributed by atoms with Crippen LogP contribution in [0.4, 0.5) is 4.79 Å². The fraction of sp³-hybridized carbons (Fsp3) is 0.471. The van der Waals surface area contributed by atoms with Crippen LogP contribution >= 0.6 is 0 Å². The second-order valence-electron chi connectivity index (χ2n) is 6.66. The SMILES string of the molecule is CC(C)(C)OC(=O)N[C@@H](CC(=O)O)C(=O)NCCc1ccc(O)c(O)c1. The summed E-state index contributed by atoms with van der Waals surface area (Å²) in [6.45, 7) is 5.08. The van der Waals surface area contributed by atoms with E-state index in [4.69, 9.17) is 9.84 Å². The molecule has 0 aromatic heterocycles. The van der Waals surface area contributed by atoms with Gasteiger partial charge >= 0.3 is 12.1 Å². The third-order valence-electron chi connectivity index (χ3n) is 3.14. The van der Waals surface area contributed by atoms with E-state index in [2.05, 4.69) is 10.6 Å². The Bertz CT molecular complexity index is 668. The number of carbonyl (C=O) groups excluding carboxylic acids is 2. The first kappa shape index (κ1) is 21.1. The van der Waals surface area contributed by atoms with E-state index in [1.54, 1.807) is 26.8 Å². The van der Waals surface area contributed by atoms with Crippen molar-refractivity contribution in [2.45, 2.75) is 45.3 Å². The van der Waals surface area contributed by atoms with Gasteiger partial charge < -0.3 is 30.7 Å². The topological polar surface area (TPSA) is 145 Å². The molecule has 0 aliphatic rings. The molecule has 1 aromatic carbocycles. The maximum absolute atomic E-state index is 12.2. The molecule has 9 nitrogen and oxygen atoms in total. The van der Waals surface area contributed by atoms with E-state index in [0.29, 0.717) is 12.0 Å². The number of rotatable bonds is 7. The number of carboxylic acid groups (broad SMARTS) is 1. The molecule has 5 N–H and O–H groups in total. The highest BCUT2D eigenvalue weighted by atomic mass is 16.6. The number of hydrogen-bond donors (Lipinski definition) is 5. The van der Waals surface area contributed by atoms with Gasteiger partial charge in [-0.15, -0.1) is 0 Å². The summed E-state index contributed by atoms with van der Waals surface area (Å²) in [6.07, 6.45) is -1.14. The van der Waals surface area contributed by atoms with Gasteiger partial charge in [-0.05, 0) is 44.9 Å². The Balaban J connectivity index is 2.60. The van der Waals surface area contributed by atoms with E-state index >= 15 is 0 Å². The van der Waals surface area contributed by atoms with Crippen LogP contribution in [0.25, 0.3) is 0 Å². The summed E-state index contributed by atoms with van der Waals surface area (Å²) in [6, 6.07) is 2.98. The average molecular weight is 368 g/mol. The number of nitrogens with one attached hydrogen (secondary N) is 2. The molecular formula is C17H24N2O7. The molecular weight excluding hydrogens is 344 g/mol. The summed E-state index contributed by atoms with van der Waals surface area (Å²) < 4.78 is 5.02. The molecule has 0 aliphatic heterocycles. The van der Waals surface area contributed by atoms with Gasteiger partial charge in [0.25, 0.3) is 0 Å². The van der Waals surface area contributed by atoms with Gasteiger partial charge in [-0.25, -0.2) is 4.79 Å². The van der Waals surface area contributed by atoms with Crippen LogP contribution in [-0.2, 0) is 20.7 Å². The standard InChI is InChI=1S/C17H24N2O7/c1-17(2,3)26-16(25)19-11(9-14(22)23)15(24)18-7-6-10-4-5-12(20)13(21)8-10/h4-5,8,11,20-21H,6-7,9H2,1-3H3,(H,18,24)(H,19,25)(H,22,23)/t11-/m0/s1. The lowest BCUT2D eigenvalue weighted by Crippen LogP contribution is -2.49. The van der Waals surface area contributed by atoms with Crippen LogP contribution in [0.2, 0.25) is 0 Å². The molecule has 0 saturated carbocycles. The van der Waals surface area contributed by atoms with Crippen molar-refractivity contribution in [3.63, 3.8) is 0 Å². The molecule has 0 spiro atoms. The minimum atomic E-state index is -1.28. The van der Waals surface area contributed by atoms with E-state index in [1.165, 1.54) is 12.1 Å². The molecule has 0 saturated heterocycles. The molecule has 0 heterocycles. The number of aromatic hydroxyl groups is 2. The molecule has 1 rings (SSSR count). The Morgan fingerprint density at radius 3 is 2.35 bits per heavy atom. The zero-order valence-electron chi connectivity index (χ0n) is 14.9. The van der Waals surface area contributed by atoms with E-state index < -0.39 is 36.0 Å². The van der Waals surface area contributed by atoms with E-state index in [-0.39, 0.29) is 18.0 Å². The number of carbonyl (C=O) groups is 3. The van der Waals surface area contributed by atoms with Gasteiger partial charge in [0.15, 0.2) is 11.5 Å². The number of hydrogen-bond acceptors (Lipinski definition) is 6. The molecule has 144 valence electrons. The Labute approximate surface area is 151 Å². The lowest BCUT2D eigenvalue weighted by Gasteiger charge is -2.22. The van der Waals surface area contributed by atoms with Gasteiger partial charge in [-0.3, -0.25) is 9.59 Å². The second-order valence-corrected chi connectivity index (χ2v) is 6.66. The number of benzene rings is 1. The van der Waals surface area contributed by atoms with Gasteiger partial charge in [0, 0.05) is 6.54 Å². The van der Waals surface area contributed by atoms with Crippen LogP contribution in [-0.4, -0.2) is 51.5 Å². The van der Waals surface area contributed by atoms with Crippen molar-refractivity contribution in [1.29, 1.82) is 0 Å². The normalized spacial score (nSPS) is 12.1. The third-order valence-corrected chi connectivity index (χ3v) is 3.14. The summed E-state index contributed by atoms with van der Waals surface area (Å²) >= 11 is 0. The number of carboxylic acids is 1. The monoisotopic (exact) mass is 368 g/mol. The number of phenols is 2. The molecule has 0 aliphatic carbocycles. The van der Waals surface area contributed by atoms with E-state index in [9.17, 15) is 24.6 Å². The van der Waals surface area contributed by atoms with E-state index in [1.807, 2.05) is 0 Å². The van der Waals surface area contributed by atoms with Crippen molar-refractivity contribution in [2.24, 2.45) is 0 Å². The van der Waals surface area contributed by atoms with Gasteiger partial charge in [0.2, 0.25) is 5.91 Å². The predicted molar refractivity (Wildman–Crippen MR) is 91.9 cm³/mol. The number of alkyl carbamates (subject to hydrolysis) is 1. The first-order valence-electron chi connectivity index (χ1n) is 7.98. The summed E-state index contributed by atoms with van der Waals surface area (Å²) in [5.41, 5.74) is -0.120. The van der Waals surface area contributed by atoms with Gasteiger partial charge in [0.1, 0.15) is 11.6 Å². The molecule has 26 heavy (non-hydrogen) atoms. The lowest BCUT2D eigenvalue weighted by atomic mass is 10.1. The quantitative estimate of drug-likeness (QED) is 0.453. The van der Waals surface area contributed by atoms with Crippen molar-refractivity contribution in [3.05, 3.63) is 23.8 Å². The summed E-state index contributed by atoms with van der Waals surface area (Å²) in [4.78, 5) is 34.8. The van der Waals surface area contributed by atoms with Crippen LogP contribution in [0, 0.1) is 0 Å². The summed E-state index contributed by atoms with van der Waals surface area (Å²) in [5, 5.41) is 32.4. The maximum atomic E-state index is 12.2. The smallest absolute Gasteiger partial charge is 0.408 e. The van der Waals surface area contributed by atoms with Gasteiger partial charge in [0.05, 0.1) is 6.42 Å². The first-order chi connectivity index (χ1) is 12.0. The first-order valence-corrected chi connectivity index (χ1v) is 7.98. The highest BCUT2D eigenvalue weighted by Gasteiger charge is 2.26. The largest absolute Gasteiger partial charge is 0.504 e. The second kappa shape index (κ2) is 8.93. The number of amides is 2. The highest BCUT2D eigenvalue weighted by molar-refractivity contribution is 5.89. The maximum Gasteiger partial charge on any atom is 0.408 e. The predicted octanol–water partition coefficient (Wildman–Crippen LogP) is 1.12. The highest BCUT2D eigenvalue weighted by Crippen LogP contribution is 2.24. The van der Waals surface area contributed by atoms with Crippen molar-refractivity contribution in [2.75, 3.05) is 6.54 Å². The van der Waals surface area contributed by atoms with Crippen LogP contribution in [0.15, 0.2) is 18.2 Å². The van der Waals surface area contributed by atoms with Crippen LogP contribution in [0.3, 0.4) is 0 Å². The van der Waals surface area contributed by atoms with Crippen LogP contribution in [0.5, 0.6) is 11.5 Å². The Kier molecular flexibility index (Phi) is 7.24. The number of aliphatic carboxylic acids is 1. The number of phenolic OH excluding ortho intramolecular Hbond substituents is 2. The van der Waals surface area contributed by atoms with Gasteiger partial charge in [-0.2, -0.15) is 0 Å². The van der Waals surface area contributed by atoms with Crippen molar-refractivity contribution in [3.8, 4) is 11.5 Å². The molecule has 0 unspecified atom stereocenters. The minimum absolute atomic E-state index is 0.148. The molecule has 1 aromatic rings. The van der Waals surface area contributed by atoms with Crippen molar-refractivity contribution < 1.29 is 34.4 Å². The molecule has 0 fully saturated rings. The van der Waals surface area contributed by atoms with Crippen molar-refractivity contribution >= 4 is 18.0 Å². The van der Waals surface area contributed by atoms with Gasteiger partial charge in [-0.1, -0.05) is 6.07 Å². The zero-order valence-corrected chi connectivity index (χ0v) is 14.9. The molecule has 0 bridgehead atoms. The Morgan fingerprint density at radius 1 is 1.15 bits per heavy atom. The van der Waals surface area contributed by atoms with Crippen LogP contribution < -0.4 is 10.6 Å². The molecule has 2 amide bonds.